The number of aryl methyl sites for hydroxylation is 1. The van der Waals surface area contributed by atoms with E-state index in [0.717, 1.165) is 10.7 Å². The molecule has 0 aromatic carbocycles. The van der Waals surface area contributed by atoms with Crippen molar-refractivity contribution in [1.29, 1.82) is 0 Å². The summed E-state index contributed by atoms with van der Waals surface area (Å²) >= 11 is 1.49. The van der Waals surface area contributed by atoms with Crippen LogP contribution in [-0.2, 0) is 6.42 Å². The summed E-state index contributed by atoms with van der Waals surface area (Å²) in [5, 5.41) is 5.70. The van der Waals surface area contributed by atoms with Crippen LogP contribution in [0.3, 0.4) is 0 Å². The van der Waals surface area contributed by atoms with Gasteiger partial charge in [0.05, 0.1) is 5.01 Å². The van der Waals surface area contributed by atoms with Gasteiger partial charge in [0, 0.05) is 30.0 Å². The van der Waals surface area contributed by atoms with Crippen LogP contribution in [0.4, 0.5) is 13.2 Å². The summed E-state index contributed by atoms with van der Waals surface area (Å²) < 4.78 is 36.2. The molecule has 1 heterocycles. The quantitative estimate of drug-likeness (QED) is 0.871. The summed E-state index contributed by atoms with van der Waals surface area (Å²) in [5.41, 5.74) is 0.922. The molecule has 1 aromatic rings. The molecule has 6 heteroatoms. The van der Waals surface area contributed by atoms with Crippen molar-refractivity contribution in [1.82, 2.24) is 10.3 Å². The number of halogens is 3. The second kappa shape index (κ2) is 5.63. The van der Waals surface area contributed by atoms with Crippen LogP contribution in [0, 0.1) is 6.92 Å². The molecule has 0 aliphatic carbocycles. The number of nitrogens with one attached hydrogen (secondary N) is 1. The van der Waals surface area contributed by atoms with Gasteiger partial charge in [-0.2, -0.15) is 13.2 Å². The first kappa shape index (κ1) is 13.4. The number of hydrogen-bond acceptors (Lipinski definition) is 3. The van der Waals surface area contributed by atoms with Gasteiger partial charge in [-0.25, -0.2) is 4.98 Å². The van der Waals surface area contributed by atoms with Crippen molar-refractivity contribution in [2.45, 2.75) is 38.4 Å². The standard InChI is InChI=1S/C10H15F3N2S/c1-7-6-16-9(15-7)5-8(14-2)3-4-10(11,12)13/h6,8,14H,3-5H2,1-2H3. The molecular formula is C10H15F3N2S. The number of hydrogen-bond donors (Lipinski definition) is 1. The van der Waals surface area contributed by atoms with Crippen LogP contribution in [0.5, 0.6) is 0 Å². The highest BCUT2D eigenvalue weighted by molar-refractivity contribution is 7.09. The Hall–Kier alpha value is -0.620. The van der Waals surface area contributed by atoms with Gasteiger partial charge < -0.3 is 5.32 Å². The summed E-state index contributed by atoms with van der Waals surface area (Å²) in [7, 11) is 1.68. The zero-order valence-corrected chi connectivity index (χ0v) is 10.1. The maximum atomic E-state index is 12.1. The predicted molar refractivity (Wildman–Crippen MR) is 58.7 cm³/mol. The normalized spacial score (nSPS) is 14.1. The third kappa shape index (κ3) is 4.94. The molecule has 0 aliphatic heterocycles. The largest absolute Gasteiger partial charge is 0.389 e. The van der Waals surface area contributed by atoms with E-state index in [-0.39, 0.29) is 12.5 Å². The molecule has 0 aliphatic rings. The van der Waals surface area contributed by atoms with Crippen molar-refractivity contribution in [3.8, 4) is 0 Å². The number of aromatic nitrogens is 1. The minimum atomic E-state index is -4.08. The molecule has 0 saturated heterocycles. The minimum absolute atomic E-state index is 0.0959. The molecule has 1 atom stereocenters. The molecule has 0 fully saturated rings. The lowest BCUT2D eigenvalue weighted by Crippen LogP contribution is -2.29. The lowest BCUT2D eigenvalue weighted by molar-refractivity contribution is -0.136. The second-order valence-electron chi connectivity index (χ2n) is 3.73. The molecule has 0 bridgehead atoms. The average molecular weight is 252 g/mol. The highest BCUT2D eigenvalue weighted by Crippen LogP contribution is 2.23. The smallest absolute Gasteiger partial charge is 0.317 e. The summed E-state index contributed by atoms with van der Waals surface area (Å²) in [6.45, 7) is 1.88. The van der Waals surface area contributed by atoms with Gasteiger partial charge in [-0.05, 0) is 20.4 Å². The SMILES string of the molecule is CNC(CCC(F)(F)F)Cc1nc(C)cs1. The van der Waals surface area contributed by atoms with Gasteiger partial charge in [-0.1, -0.05) is 0 Å². The highest BCUT2D eigenvalue weighted by atomic mass is 32.1. The van der Waals surface area contributed by atoms with Crippen LogP contribution >= 0.6 is 11.3 Å². The van der Waals surface area contributed by atoms with Crippen LogP contribution in [0.1, 0.15) is 23.5 Å². The van der Waals surface area contributed by atoms with Crippen molar-refractivity contribution in [3.05, 3.63) is 16.1 Å². The summed E-state index contributed by atoms with van der Waals surface area (Å²) in [5.74, 6) is 0. The number of alkyl halides is 3. The topological polar surface area (TPSA) is 24.9 Å². The van der Waals surface area contributed by atoms with Crippen LogP contribution in [0.15, 0.2) is 5.38 Å². The van der Waals surface area contributed by atoms with Gasteiger partial charge in [0.1, 0.15) is 0 Å². The van der Waals surface area contributed by atoms with Crippen molar-refractivity contribution in [2.75, 3.05) is 7.05 Å². The molecule has 16 heavy (non-hydrogen) atoms. The summed E-state index contributed by atoms with van der Waals surface area (Å²) in [6.07, 6.45) is -4.17. The first-order chi connectivity index (χ1) is 7.40. The molecule has 0 saturated carbocycles. The molecular weight excluding hydrogens is 237 g/mol. The first-order valence-corrected chi connectivity index (χ1v) is 5.93. The fourth-order valence-electron chi connectivity index (χ4n) is 1.39. The Kier molecular flexibility index (Phi) is 4.73. The first-order valence-electron chi connectivity index (χ1n) is 5.05. The van der Waals surface area contributed by atoms with Gasteiger partial charge in [-0.15, -0.1) is 11.3 Å². The number of nitrogens with zero attached hydrogens (tertiary/aromatic N) is 1. The van der Waals surface area contributed by atoms with Gasteiger partial charge in [-0.3, -0.25) is 0 Å². The molecule has 0 amide bonds. The third-order valence-electron chi connectivity index (χ3n) is 2.27. The molecule has 1 unspecified atom stereocenters. The molecule has 0 spiro atoms. The Labute approximate surface area is 96.9 Å². The zero-order chi connectivity index (χ0) is 12.2. The van der Waals surface area contributed by atoms with Crippen molar-refractivity contribution < 1.29 is 13.2 Å². The molecule has 1 rings (SSSR count). The molecule has 1 aromatic heterocycles. The molecule has 2 nitrogen and oxygen atoms in total. The molecule has 92 valence electrons. The number of thiazole rings is 1. The molecule has 0 radical (unpaired) electrons. The zero-order valence-electron chi connectivity index (χ0n) is 9.27. The second-order valence-corrected chi connectivity index (χ2v) is 4.67. The van der Waals surface area contributed by atoms with Crippen LogP contribution in [0.2, 0.25) is 0 Å². The average Bonchev–Trinajstić information content (AvgIpc) is 2.57. The van der Waals surface area contributed by atoms with Gasteiger partial charge in [0.25, 0.3) is 0 Å². The van der Waals surface area contributed by atoms with Crippen LogP contribution < -0.4 is 5.32 Å². The fourth-order valence-corrected chi connectivity index (χ4v) is 2.25. The van der Waals surface area contributed by atoms with Gasteiger partial charge >= 0.3 is 6.18 Å². The van der Waals surface area contributed by atoms with E-state index >= 15 is 0 Å². The maximum Gasteiger partial charge on any atom is 0.389 e. The lowest BCUT2D eigenvalue weighted by atomic mass is 10.1. The highest BCUT2D eigenvalue weighted by Gasteiger charge is 2.28. The third-order valence-corrected chi connectivity index (χ3v) is 3.26. The summed E-state index contributed by atoms with van der Waals surface area (Å²) in [4.78, 5) is 4.24. The molecule has 1 N–H and O–H groups in total. The Bertz CT molecular complexity index is 322. The van der Waals surface area contributed by atoms with E-state index in [0.29, 0.717) is 6.42 Å². The Morgan fingerprint density at radius 2 is 2.19 bits per heavy atom. The van der Waals surface area contributed by atoms with E-state index in [9.17, 15) is 13.2 Å². The van der Waals surface area contributed by atoms with Crippen LogP contribution in [0.25, 0.3) is 0 Å². The van der Waals surface area contributed by atoms with Gasteiger partial charge in [0.15, 0.2) is 0 Å². The number of rotatable bonds is 5. The van der Waals surface area contributed by atoms with E-state index in [1.54, 1.807) is 7.05 Å². The van der Waals surface area contributed by atoms with Crippen molar-refractivity contribution in [2.24, 2.45) is 0 Å². The lowest BCUT2D eigenvalue weighted by Gasteiger charge is -2.15. The van der Waals surface area contributed by atoms with Gasteiger partial charge in [0.2, 0.25) is 0 Å². The van der Waals surface area contributed by atoms with E-state index in [1.807, 2.05) is 12.3 Å². The minimum Gasteiger partial charge on any atom is -0.317 e. The Morgan fingerprint density at radius 3 is 2.62 bits per heavy atom. The van der Waals surface area contributed by atoms with E-state index in [4.69, 9.17) is 0 Å². The Morgan fingerprint density at radius 1 is 1.50 bits per heavy atom. The number of likely N-dealkylation sites (N-methyl/N-ethyl adjacent to an activating group) is 1. The van der Waals surface area contributed by atoms with Crippen molar-refractivity contribution >= 4 is 11.3 Å². The summed E-state index contributed by atoms with van der Waals surface area (Å²) in [6, 6.07) is -0.160. The predicted octanol–water partition coefficient (Wildman–Crippen LogP) is 2.92. The van der Waals surface area contributed by atoms with E-state index in [2.05, 4.69) is 10.3 Å². The maximum absolute atomic E-state index is 12.1. The Balaban J connectivity index is 2.43. The van der Waals surface area contributed by atoms with Crippen molar-refractivity contribution in [3.63, 3.8) is 0 Å². The van der Waals surface area contributed by atoms with Crippen LogP contribution in [-0.4, -0.2) is 24.2 Å². The van der Waals surface area contributed by atoms with E-state index in [1.165, 1.54) is 11.3 Å². The monoisotopic (exact) mass is 252 g/mol. The van der Waals surface area contributed by atoms with E-state index < -0.39 is 12.6 Å². The fraction of sp³-hybridized carbons (Fsp3) is 0.700.